The van der Waals surface area contributed by atoms with E-state index in [0.29, 0.717) is 5.56 Å². The molecule has 0 aromatic heterocycles. The fraction of sp³-hybridized carbons (Fsp3) is 0.400. The van der Waals surface area contributed by atoms with E-state index in [2.05, 4.69) is 4.74 Å². The molecule has 1 aromatic carbocycles. The summed E-state index contributed by atoms with van der Waals surface area (Å²) in [5, 5.41) is 1.48. The molecule has 0 aliphatic rings. The first-order valence-corrected chi connectivity index (χ1v) is 6.62. The number of hydrogen-bond acceptors (Lipinski definition) is 4. The highest BCUT2D eigenvalue weighted by Gasteiger charge is 2.41. The molecule has 1 atom stereocenters. The van der Waals surface area contributed by atoms with Crippen LogP contribution in [0.4, 0.5) is 13.2 Å². The van der Waals surface area contributed by atoms with Crippen LogP contribution in [0, 0.1) is 13.8 Å². The van der Waals surface area contributed by atoms with Crippen LogP contribution in [0.5, 0.6) is 0 Å². The van der Waals surface area contributed by atoms with Crippen molar-refractivity contribution in [2.24, 2.45) is 0 Å². The predicted molar refractivity (Wildman–Crippen MR) is 74.9 cm³/mol. The van der Waals surface area contributed by atoms with Crippen LogP contribution in [0.25, 0.3) is 0 Å². The highest BCUT2D eigenvalue weighted by molar-refractivity contribution is 6.01. The van der Waals surface area contributed by atoms with Gasteiger partial charge in [-0.2, -0.15) is 13.2 Å². The van der Waals surface area contributed by atoms with Crippen LogP contribution in [-0.4, -0.2) is 37.0 Å². The van der Waals surface area contributed by atoms with Gasteiger partial charge in [-0.05, 0) is 25.5 Å². The Balaban J connectivity index is 2.97. The maximum Gasteiger partial charge on any atom is 0.471 e. The summed E-state index contributed by atoms with van der Waals surface area (Å²) in [5.41, 5.74) is 1.68. The summed E-state index contributed by atoms with van der Waals surface area (Å²) in [4.78, 5) is 34.8. The van der Waals surface area contributed by atoms with E-state index in [0.717, 1.165) is 12.7 Å². The van der Waals surface area contributed by atoms with E-state index in [1.54, 1.807) is 32.0 Å². The molecule has 1 amide bonds. The number of nitrogens with one attached hydrogen (secondary N) is 1. The lowest BCUT2D eigenvalue weighted by Crippen LogP contribution is -2.48. The van der Waals surface area contributed by atoms with Gasteiger partial charge < -0.3 is 10.1 Å². The van der Waals surface area contributed by atoms with E-state index < -0.39 is 36.3 Å². The molecule has 0 radical (unpaired) electrons. The molecule has 1 aromatic rings. The smallest absolute Gasteiger partial charge is 0.467 e. The van der Waals surface area contributed by atoms with Gasteiger partial charge >= 0.3 is 18.1 Å². The SMILES string of the molecule is COC(=O)[C@@H](CC(=O)c1cc(C)ccc1C)NC(=O)C(F)(F)F. The summed E-state index contributed by atoms with van der Waals surface area (Å²) in [6.45, 7) is 3.41. The monoisotopic (exact) mass is 331 g/mol. The molecular formula is C15H16F3NO4. The molecule has 0 saturated heterocycles. The van der Waals surface area contributed by atoms with E-state index in [-0.39, 0.29) is 5.56 Å². The third-order valence-electron chi connectivity index (χ3n) is 3.13. The maximum atomic E-state index is 12.3. The van der Waals surface area contributed by atoms with Crippen LogP contribution in [-0.2, 0) is 14.3 Å². The maximum absolute atomic E-state index is 12.3. The normalized spacial score (nSPS) is 12.4. The van der Waals surface area contributed by atoms with Crippen molar-refractivity contribution < 1.29 is 32.3 Å². The minimum Gasteiger partial charge on any atom is -0.467 e. The number of amides is 1. The number of esters is 1. The second kappa shape index (κ2) is 7.26. The Morgan fingerprint density at radius 1 is 1.22 bits per heavy atom. The zero-order valence-electron chi connectivity index (χ0n) is 12.8. The standard InChI is InChI=1S/C15H16F3NO4/c1-8-4-5-9(2)10(6-8)12(20)7-11(13(21)23-3)19-14(22)15(16,17)18/h4-6,11H,7H2,1-3H3,(H,19,22)/t11-/m1/s1. The molecule has 0 spiro atoms. The van der Waals surface area contributed by atoms with Gasteiger partial charge in [0.2, 0.25) is 0 Å². The van der Waals surface area contributed by atoms with Crippen LogP contribution in [0.3, 0.4) is 0 Å². The largest absolute Gasteiger partial charge is 0.471 e. The lowest BCUT2D eigenvalue weighted by molar-refractivity contribution is -0.175. The molecule has 0 aliphatic carbocycles. The molecule has 1 rings (SSSR count). The minimum atomic E-state index is -5.16. The van der Waals surface area contributed by atoms with E-state index in [1.165, 1.54) is 5.32 Å². The molecule has 1 N–H and O–H groups in total. The molecule has 0 unspecified atom stereocenters. The van der Waals surface area contributed by atoms with Crippen molar-refractivity contribution in [2.75, 3.05) is 7.11 Å². The predicted octanol–water partition coefficient (Wildman–Crippen LogP) is 2.10. The third-order valence-corrected chi connectivity index (χ3v) is 3.13. The fourth-order valence-electron chi connectivity index (χ4n) is 1.91. The summed E-state index contributed by atoms with van der Waals surface area (Å²) in [6.07, 6.45) is -5.78. The topological polar surface area (TPSA) is 72.5 Å². The van der Waals surface area contributed by atoms with E-state index >= 15 is 0 Å². The number of ether oxygens (including phenoxy) is 1. The highest BCUT2D eigenvalue weighted by atomic mass is 19.4. The first kappa shape index (κ1) is 18.7. The average Bonchev–Trinajstić information content (AvgIpc) is 2.46. The molecule has 8 heteroatoms. The zero-order valence-corrected chi connectivity index (χ0v) is 12.8. The molecule has 0 saturated carbocycles. The Labute approximate surface area is 130 Å². The lowest BCUT2D eigenvalue weighted by atomic mass is 9.97. The number of rotatable bonds is 5. The number of Topliss-reactive ketones (excluding diaryl/α,β-unsaturated/α-hetero) is 1. The molecule has 5 nitrogen and oxygen atoms in total. The summed E-state index contributed by atoms with van der Waals surface area (Å²) in [6, 6.07) is 3.32. The van der Waals surface area contributed by atoms with Gasteiger partial charge in [-0.15, -0.1) is 0 Å². The van der Waals surface area contributed by atoms with Crippen molar-refractivity contribution in [3.05, 3.63) is 34.9 Å². The number of alkyl halides is 3. The van der Waals surface area contributed by atoms with Crippen molar-refractivity contribution in [1.82, 2.24) is 5.32 Å². The van der Waals surface area contributed by atoms with Crippen LogP contribution < -0.4 is 5.32 Å². The Morgan fingerprint density at radius 3 is 2.35 bits per heavy atom. The van der Waals surface area contributed by atoms with Crippen molar-refractivity contribution in [3.8, 4) is 0 Å². The van der Waals surface area contributed by atoms with Gasteiger partial charge in [0.25, 0.3) is 0 Å². The number of methoxy groups -OCH3 is 1. The first-order valence-electron chi connectivity index (χ1n) is 6.62. The van der Waals surface area contributed by atoms with Gasteiger partial charge in [0, 0.05) is 12.0 Å². The zero-order chi connectivity index (χ0) is 17.8. The number of benzene rings is 1. The first-order chi connectivity index (χ1) is 10.6. The summed E-state index contributed by atoms with van der Waals surface area (Å²) < 4.78 is 41.3. The number of aryl methyl sites for hydroxylation is 2. The Bertz CT molecular complexity index is 626. The van der Waals surface area contributed by atoms with E-state index in [4.69, 9.17) is 0 Å². The van der Waals surface area contributed by atoms with Gasteiger partial charge in [-0.1, -0.05) is 17.7 Å². The summed E-state index contributed by atoms with van der Waals surface area (Å²) in [7, 11) is 0.956. The van der Waals surface area contributed by atoms with Crippen LogP contribution in [0.15, 0.2) is 18.2 Å². The Morgan fingerprint density at radius 2 is 1.83 bits per heavy atom. The Hall–Kier alpha value is -2.38. The van der Waals surface area contributed by atoms with E-state index in [9.17, 15) is 27.6 Å². The number of carbonyl (C=O) groups is 3. The quantitative estimate of drug-likeness (QED) is 0.662. The van der Waals surface area contributed by atoms with Gasteiger partial charge in [-0.3, -0.25) is 9.59 Å². The number of hydrogen-bond donors (Lipinski definition) is 1. The van der Waals surface area contributed by atoms with E-state index in [1.807, 2.05) is 0 Å². The molecule has 0 aliphatic heterocycles. The van der Waals surface area contributed by atoms with Crippen molar-refractivity contribution >= 4 is 17.7 Å². The number of carbonyl (C=O) groups excluding carboxylic acids is 3. The average molecular weight is 331 g/mol. The van der Waals surface area contributed by atoms with Crippen LogP contribution in [0.2, 0.25) is 0 Å². The Kier molecular flexibility index (Phi) is 5.89. The van der Waals surface area contributed by atoms with Crippen LogP contribution in [0.1, 0.15) is 27.9 Å². The molecule has 0 fully saturated rings. The second-order valence-corrected chi connectivity index (χ2v) is 4.99. The molecule has 126 valence electrons. The highest BCUT2D eigenvalue weighted by Crippen LogP contribution is 2.17. The van der Waals surface area contributed by atoms with Crippen LogP contribution >= 0.6 is 0 Å². The summed E-state index contributed by atoms with van der Waals surface area (Å²) in [5.74, 6) is -3.99. The molecule has 0 heterocycles. The molecule has 23 heavy (non-hydrogen) atoms. The van der Waals surface area contributed by atoms with Gasteiger partial charge in [0.1, 0.15) is 6.04 Å². The minimum absolute atomic E-state index is 0.278. The molecular weight excluding hydrogens is 315 g/mol. The van der Waals surface area contributed by atoms with Crippen molar-refractivity contribution in [3.63, 3.8) is 0 Å². The van der Waals surface area contributed by atoms with Gasteiger partial charge in [-0.25, -0.2) is 4.79 Å². The second-order valence-electron chi connectivity index (χ2n) is 4.99. The number of halogens is 3. The van der Waals surface area contributed by atoms with Crippen molar-refractivity contribution in [2.45, 2.75) is 32.5 Å². The third kappa shape index (κ3) is 5.08. The number of ketones is 1. The molecule has 0 bridgehead atoms. The lowest BCUT2D eigenvalue weighted by Gasteiger charge is -2.17. The van der Waals surface area contributed by atoms with Crippen molar-refractivity contribution in [1.29, 1.82) is 0 Å². The fourth-order valence-corrected chi connectivity index (χ4v) is 1.91. The van der Waals surface area contributed by atoms with Gasteiger partial charge in [0.05, 0.1) is 7.11 Å². The van der Waals surface area contributed by atoms with Gasteiger partial charge in [0.15, 0.2) is 5.78 Å². The summed E-state index contributed by atoms with van der Waals surface area (Å²) >= 11 is 0.